The average Bonchev–Trinajstić information content (AvgIpc) is 1.41. The Labute approximate surface area is 28.9 Å². The highest BCUT2D eigenvalue weighted by Gasteiger charge is 1.45. The fourth-order valence-corrected chi connectivity index (χ4v) is 0.0365. The summed E-state index contributed by atoms with van der Waals surface area (Å²) < 4.78 is 0. The van der Waals surface area contributed by atoms with Crippen molar-refractivity contribution in [2.75, 3.05) is 7.11 Å². The van der Waals surface area contributed by atoms with Crippen LogP contribution in [0.4, 0.5) is 0 Å². The van der Waals surface area contributed by atoms with Gasteiger partial charge >= 0.3 is 0 Å². The Morgan fingerprint density at radius 3 is 2.60 bits per heavy atom. The highest BCUT2D eigenvalue weighted by atomic mass is 16.6. The molecule has 0 unspecified atom stereocenters. The third kappa shape index (κ3) is 3.11. The molecule has 0 saturated carbocycles. The smallest absolute Gasteiger partial charge is 0.111 e. The van der Waals surface area contributed by atoms with Crippen molar-refractivity contribution in [3.8, 4) is 0 Å². The third-order valence-corrected chi connectivity index (χ3v) is 0.118. The van der Waals surface area contributed by atoms with Crippen LogP contribution in [0.25, 0.3) is 10.4 Å². The molecule has 4 nitrogen and oxygen atoms in total. The molecule has 0 aliphatic heterocycles. The van der Waals surface area contributed by atoms with Gasteiger partial charge < -0.3 is 4.84 Å². The maximum absolute atomic E-state index is 7.40. The lowest BCUT2D eigenvalue weighted by molar-refractivity contribution is 0.206. The fourth-order valence-electron chi connectivity index (χ4n) is 0.0365. The molecule has 0 amide bonds. The standard InChI is InChI=1S/CH3N3O/c1-5-4-3-2/h1H3. The van der Waals surface area contributed by atoms with Crippen LogP contribution in [0.3, 0.4) is 0 Å². The summed E-state index contributed by atoms with van der Waals surface area (Å²) >= 11 is 0. The second-order valence-electron chi connectivity index (χ2n) is 0.354. The molecule has 0 bridgehead atoms. The van der Waals surface area contributed by atoms with Crippen LogP contribution >= 0.6 is 0 Å². The number of azide groups is 1. The van der Waals surface area contributed by atoms with Gasteiger partial charge in [0.05, 0.1) is 7.11 Å². The normalized spacial score (nSPS) is 5.00. The average molecular weight is 73.1 g/mol. The number of hydrogen-bond donors (Lipinski definition) is 0. The molecular weight excluding hydrogens is 70.0 g/mol. The van der Waals surface area contributed by atoms with Crippen molar-refractivity contribution in [1.82, 2.24) is 0 Å². The lowest BCUT2D eigenvalue weighted by Crippen LogP contribution is -1.53. The van der Waals surface area contributed by atoms with Crippen LogP contribution in [0.5, 0.6) is 0 Å². The quantitative estimate of drug-likeness (QED) is 0.196. The zero-order chi connectivity index (χ0) is 4.12. The molecule has 0 N–H and O–H groups in total. The van der Waals surface area contributed by atoms with E-state index in [9.17, 15) is 0 Å². The molecule has 0 aromatic rings. The van der Waals surface area contributed by atoms with Crippen LogP contribution in [0.15, 0.2) is 5.28 Å². The Kier molecular flexibility index (Phi) is 2.56. The summed E-state index contributed by atoms with van der Waals surface area (Å²) in [5.74, 6) is 0. The van der Waals surface area contributed by atoms with E-state index in [-0.39, 0.29) is 0 Å². The number of hydrogen-bond acceptors (Lipinski definition) is 2. The Balaban J connectivity index is 2.93. The van der Waals surface area contributed by atoms with E-state index in [1.54, 1.807) is 0 Å². The molecule has 0 aliphatic carbocycles. The van der Waals surface area contributed by atoms with E-state index in [1.165, 1.54) is 7.11 Å². The van der Waals surface area contributed by atoms with Crippen molar-refractivity contribution < 1.29 is 4.84 Å². The van der Waals surface area contributed by atoms with E-state index in [2.05, 4.69) is 15.0 Å². The predicted octanol–water partition coefficient (Wildman–Crippen LogP) is 0.858. The molecule has 0 heterocycles. The maximum atomic E-state index is 7.40. The molecule has 0 radical (unpaired) electrons. The first-order chi connectivity index (χ1) is 2.41. The summed E-state index contributed by atoms with van der Waals surface area (Å²) in [5.41, 5.74) is 7.40. The summed E-state index contributed by atoms with van der Waals surface area (Å²) in [6.45, 7) is 0. The highest BCUT2D eigenvalue weighted by Crippen LogP contribution is 1.61. The zero-order valence-electron chi connectivity index (χ0n) is 2.75. The molecule has 0 atom stereocenters. The summed E-state index contributed by atoms with van der Waals surface area (Å²) in [7, 11) is 1.29. The second-order valence-corrected chi connectivity index (χ2v) is 0.354. The Hall–Kier alpha value is -0.890. The Bertz CT molecular complexity index is 53.9. The van der Waals surface area contributed by atoms with E-state index in [4.69, 9.17) is 5.53 Å². The number of rotatable bonds is 1. The van der Waals surface area contributed by atoms with Gasteiger partial charge in [-0.2, -0.15) is 0 Å². The van der Waals surface area contributed by atoms with Gasteiger partial charge in [-0.3, -0.25) is 0 Å². The number of nitrogens with zero attached hydrogens (tertiary/aromatic N) is 3. The van der Waals surface area contributed by atoms with Crippen LogP contribution in [0.1, 0.15) is 0 Å². The summed E-state index contributed by atoms with van der Waals surface area (Å²) in [6, 6.07) is 0. The molecule has 0 aromatic heterocycles. The first-order valence-corrected chi connectivity index (χ1v) is 0.991. The van der Waals surface area contributed by atoms with Crippen molar-refractivity contribution in [1.29, 1.82) is 0 Å². The van der Waals surface area contributed by atoms with Crippen LogP contribution in [0, 0.1) is 0 Å². The van der Waals surface area contributed by atoms with Crippen molar-refractivity contribution in [3.63, 3.8) is 0 Å². The molecule has 0 aliphatic rings. The minimum atomic E-state index is 1.29. The fraction of sp³-hybridized carbons (Fsp3) is 1.00. The van der Waals surface area contributed by atoms with E-state index in [0.717, 1.165) is 0 Å². The molecule has 0 rings (SSSR count). The first-order valence-electron chi connectivity index (χ1n) is 0.991. The van der Waals surface area contributed by atoms with E-state index in [1.807, 2.05) is 0 Å². The summed E-state index contributed by atoms with van der Waals surface area (Å²) in [5, 5.41) is 2.65. The van der Waals surface area contributed by atoms with E-state index in [0.29, 0.717) is 0 Å². The minimum Gasteiger partial charge on any atom is -0.437 e. The Morgan fingerprint density at radius 1 is 2.00 bits per heavy atom. The van der Waals surface area contributed by atoms with Crippen molar-refractivity contribution >= 4 is 0 Å². The topological polar surface area (TPSA) is 58.0 Å². The Morgan fingerprint density at radius 2 is 2.60 bits per heavy atom. The van der Waals surface area contributed by atoms with Gasteiger partial charge in [0.2, 0.25) is 0 Å². The van der Waals surface area contributed by atoms with Gasteiger partial charge in [-0.1, -0.05) is 0 Å². The van der Waals surface area contributed by atoms with Crippen LogP contribution < -0.4 is 0 Å². The monoisotopic (exact) mass is 73.0 g/mol. The van der Waals surface area contributed by atoms with Crippen LogP contribution in [-0.4, -0.2) is 7.11 Å². The van der Waals surface area contributed by atoms with Gasteiger partial charge in [0.25, 0.3) is 0 Å². The molecule has 0 aromatic carbocycles. The molecular formula is CH3N3O. The van der Waals surface area contributed by atoms with Crippen molar-refractivity contribution in [2.45, 2.75) is 0 Å². The van der Waals surface area contributed by atoms with E-state index < -0.39 is 0 Å². The van der Waals surface area contributed by atoms with Gasteiger partial charge in [-0.15, -0.1) is 0 Å². The van der Waals surface area contributed by atoms with Crippen molar-refractivity contribution in [3.05, 3.63) is 10.4 Å². The molecule has 0 fully saturated rings. The van der Waals surface area contributed by atoms with Gasteiger partial charge in [0.1, 0.15) is 5.28 Å². The minimum absolute atomic E-state index is 1.29. The zero-order valence-corrected chi connectivity index (χ0v) is 2.75. The first kappa shape index (κ1) is 4.11. The molecule has 0 spiro atoms. The largest absolute Gasteiger partial charge is 0.437 e. The molecule has 4 heteroatoms. The lowest BCUT2D eigenvalue weighted by Gasteiger charge is -1.69. The van der Waals surface area contributed by atoms with Gasteiger partial charge in [0, 0.05) is 4.91 Å². The molecule has 0 saturated heterocycles. The van der Waals surface area contributed by atoms with Gasteiger partial charge in [0.15, 0.2) is 0 Å². The van der Waals surface area contributed by atoms with Crippen molar-refractivity contribution in [2.24, 2.45) is 5.28 Å². The van der Waals surface area contributed by atoms with Gasteiger partial charge in [-0.05, 0) is 5.53 Å². The third-order valence-electron chi connectivity index (χ3n) is 0.118. The maximum Gasteiger partial charge on any atom is 0.111 e. The predicted molar refractivity (Wildman–Crippen MR) is 16.2 cm³/mol. The molecule has 28 valence electrons. The lowest BCUT2D eigenvalue weighted by atomic mass is 11.7. The van der Waals surface area contributed by atoms with E-state index >= 15 is 0 Å². The van der Waals surface area contributed by atoms with Crippen LogP contribution in [0.2, 0.25) is 0 Å². The SMILES string of the molecule is CON=[N+]=[N-]. The highest BCUT2D eigenvalue weighted by molar-refractivity contribution is 4.26. The summed E-state index contributed by atoms with van der Waals surface area (Å²) in [6.07, 6.45) is 0. The summed E-state index contributed by atoms with van der Waals surface area (Å²) in [4.78, 5) is 6.16. The second kappa shape index (κ2) is 3.11. The van der Waals surface area contributed by atoms with Gasteiger partial charge in [-0.25, -0.2) is 0 Å². The molecule has 5 heavy (non-hydrogen) atoms. The van der Waals surface area contributed by atoms with Crippen LogP contribution in [-0.2, 0) is 4.84 Å².